The van der Waals surface area contributed by atoms with Crippen molar-refractivity contribution in [2.75, 3.05) is 88.6 Å². The van der Waals surface area contributed by atoms with Gasteiger partial charge in [-0.15, -0.1) is 0 Å². The standard InChI is InChI=1S/C16H39N4/c1-17(2)11-8-13-19(14-9-12-18(3)4)15-10-16-20(5,6)7/h8-16H2,1-7H3/q+1. The molecule has 0 heterocycles. The average molecular weight is 288 g/mol. The van der Waals surface area contributed by atoms with E-state index in [1.165, 1.54) is 58.5 Å². The van der Waals surface area contributed by atoms with Gasteiger partial charge < -0.3 is 19.2 Å². The average Bonchev–Trinajstić information content (AvgIpc) is 2.25. The predicted molar refractivity (Wildman–Crippen MR) is 90.3 cm³/mol. The summed E-state index contributed by atoms with van der Waals surface area (Å²) in [5.41, 5.74) is 0. The highest BCUT2D eigenvalue weighted by Crippen LogP contribution is 2.01. The Balaban J connectivity index is 3.97. The molecule has 4 nitrogen and oxygen atoms in total. The summed E-state index contributed by atoms with van der Waals surface area (Å²) in [7, 11) is 15.5. The lowest BCUT2D eigenvalue weighted by atomic mass is 10.2. The van der Waals surface area contributed by atoms with Crippen LogP contribution >= 0.6 is 0 Å². The van der Waals surface area contributed by atoms with E-state index >= 15 is 0 Å². The number of quaternary nitrogens is 1. The molecule has 0 radical (unpaired) electrons. The summed E-state index contributed by atoms with van der Waals surface area (Å²) in [4.78, 5) is 7.22. The first-order valence-electron chi connectivity index (χ1n) is 8.03. The van der Waals surface area contributed by atoms with Crippen molar-refractivity contribution in [2.24, 2.45) is 0 Å². The summed E-state index contributed by atoms with van der Waals surface area (Å²) in [5, 5.41) is 0. The van der Waals surface area contributed by atoms with Crippen LogP contribution in [-0.2, 0) is 0 Å². The van der Waals surface area contributed by atoms with Gasteiger partial charge >= 0.3 is 0 Å². The summed E-state index contributed by atoms with van der Waals surface area (Å²) >= 11 is 0. The zero-order valence-electron chi connectivity index (χ0n) is 15.2. The van der Waals surface area contributed by atoms with Crippen molar-refractivity contribution in [1.29, 1.82) is 0 Å². The van der Waals surface area contributed by atoms with Crippen molar-refractivity contribution < 1.29 is 4.48 Å². The second-order valence-electron chi connectivity index (χ2n) is 7.52. The number of hydrogen-bond donors (Lipinski definition) is 0. The van der Waals surface area contributed by atoms with Crippen molar-refractivity contribution in [2.45, 2.75) is 19.3 Å². The molecule has 0 bridgehead atoms. The Morgan fingerprint density at radius 1 is 0.600 bits per heavy atom. The van der Waals surface area contributed by atoms with E-state index in [-0.39, 0.29) is 0 Å². The summed E-state index contributed by atoms with van der Waals surface area (Å²) < 4.78 is 1.07. The summed E-state index contributed by atoms with van der Waals surface area (Å²) in [6.07, 6.45) is 3.85. The molecule has 4 heteroatoms. The maximum absolute atomic E-state index is 2.66. The van der Waals surface area contributed by atoms with Crippen LogP contribution in [-0.4, -0.2) is 108 Å². The second kappa shape index (κ2) is 10.6. The monoisotopic (exact) mass is 287 g/mol. The van der Waals surface area contributed by atoms with Gasteiger partial charge in [-0.25, -0.2) is 0 Å². The minimum atomic E-state index is 1.07. The predicted octanol–water partition coefficient (Wildman–Crippen LogP) is 1.29. The Kier molecular flexibility index (Phi) is 10.5. The maximum Gasteiger partial charge on any atom is 0.0792 e. The molecule has 0 saturated heterocycles. The molecule has 20 heavy (non-hydrogen) atoms. The Hall–Kier alpha value is -0.160. The summed E-state index contributed by atoms with van der Waals surface area (Å²) in [5.74, 6) is 0. The van der Waals surface area contributed by atoms with Gasteiger partial charge in [0.2, 0.25) is 0 Å². The lowest BCUT2D eigenvalue weighted by Gasteiger charge is -2.27. The molecular weight excluding hydrogens is 248 g/mol. The van der Waals surface area contributed by atoms with Crippen LogP contribution in [0.5, 0.6) is 0 Å². The molecule has 0 fully saturated rings. The fourth-order valence-electron chi connectivity index (χ4n) is 2.33. The van der Waals surface area contributed by atoms with Gasteiger partial charge in [-0.1, -0.05) is 0 Å². The van der Waals surface area contributed by atoms with Gasteiger partial charge in [0.05, 0.1) is 27.7 Å². The first-order chi connectivity index (χ1) is 9.20. The maximum atomic E-state index is 2.66. The van der Waals surface area contributed by atoms with Gasteiger partial charge in [-0.05, 0) is 67.2 Å². The Labute approximate surface area is 127 Å². The number of rotatable bonds is 12. The summed E-state index contributed by atoms with van der Waals surface area (Å²) in [6, 6.07) is 0. The molecule has 0 N–H and O–H groups in total. The van der Waals surface area contributed by atoms with Crippen LogP contribution in [0.15, 0.2) is 0 Å². The Bertz CT molecular complexity index is 207. The topological polar surface area (TPSA) is 9.72 Å². The molecule has 0 aromatic heterocycles. The highest BCUT2D eigenvalue weighted by atomic mass is 15.3. The van der Waals surface area contributed by atoms with Crippen LogP contribution in [0.3, 0.4) is 0 Å². The third kappa shape index (κ3) is 14.3. The van der Waals surface area contributed by atoms with E-state index in [1.807, 2.05) is 0 Å². The highest BCUT2D eigenvalue weighted by Gasteiger charge is 2.10. The molecule has 0 spiro atoms. The molecule has 0 atom stereocenters. The molecular formula is C16H39N4+. The van der Waals surface area contributed by atoms with E-state index in [0.717, 1.165) is 4.48 Å². The largest absolute Gasteiger partial charge is 0.331 e. The van der Waals surface area contributed by atoms with E-state index in [0.29, 0.717) is 0 Å². The van der Waals surface area contributed by atoms with Crippen LogP contribution in [0.1, 0.15) is 19.3 Å². The number of nitrogens with zero attached hydrogens (tertiary/aromatic N) is 4. The van der Waals surface area contributed by atoms with E-state index < -0.39 is 0 Å². The van der Waals surface area contributed by atoms with Crippen molar-refractivity contribution in [1.82, 2.24) is 14.7 Å². The van der Waals surface area contributed by atoms with Crippen LogP contribution in [0.25, 0.3) is 0 Å². The zero-order valence-corrected chi connectivity index (χ0v) is 15.2. The molecule has 0 saturated carbocycles. The normalized spacial score (nSPS) is 12.9. The zero-order chi connectivity index (χ0) is 15.6. The molecule has 0 aromatic carbocycles. The fraction of sp³-hybridized carbons (Fsp3) is 1.00. The van der Waals surface area contributed by atoms with Gasteiger partial charge in [0.1, 0.15) is 0 Å². The van der Waals surface area contributed by atoms with E-state index in [9.17, 15) is 0 Å². The molecule has 0 amide bonds. The van der Waals surface area contributed by atoms with Gasteiger partial charge in [0, 0.05) is 13.0 Å². The smallest absolute Gasteiger partial charge is 0.0792 e. The van der Waals surface area contributed by atoms with Crippen molar-refractivity contribution in [3.63, 3.8) is 0 Å². The van der Waals surface area contributed by atoms with Crippen molar-refractivity contribution >= 4 is 0 Å². The van der Waals surface area contributed by atoms with Crippen LogP contribution in [0, 0.1) is 0 Å². The second-order valence-corrected chi connectivity index (χ2v) is 7.52. The third-order valence-electron chi connectivity index (χ3n) is 3.46. The fourth-order valence-corrected chi connectivity index (χ4v) is 2.33. The van der Waals surface area contributed by atoms with Gasteiger partial charge in [0.15, 0.2) is 0 Å². The Morgan fingerprint density at radius 3 is 1.35 bits per heavy atom. The highest BCUT2D eigenvalue weighted by molar-refractivity contribution is 4.61. The van der Waals surface area contributed by atoms with Gasteiger partial charge in [-0.2, -0.15) is 0 Å². The van der Waals surface area contributed by atoms with E-state index in [1.54, 1.807) is 0 Å². The lowest BCUT2D eigenvalue weighted by Crippen LogP contribution is -2.38. The Morgan fingerprint density at radius 2 is 1.00 bits per heavy atom. The van der Waals surface area contributed by atoms with Crippen LogP contribution in [0.2, 0.25) is 0 Å². The first kappa shape index (κ1) is 19.8. The molecule has 0 aliphatic rings. The van der Waals surface area contributed by atoms with E-state index in [4.69, 9.17) is 0 Å². The number of hydrogen-bond acceptors (Lipinski definition) is 3. The van der Waals surface area contributed by atoms with Gasteiger partial charge in [-0.3, -0.25) is 0 Å². The molecule has 0 aliphatic carbocycles. The van der Waals surface area contributed by atoms with Gasteiger partial charge in [0.25, 0.3) is 0 Å². The van der Waals surface area contributed by atoms with Crippen LogP contribution in [0.4, 0.5) is 0 Å². The first-order valence-corrected chi connectivity index (χ1v) is 8.03. The van der Waals surface area contributed by atoms with E-state index in [2.05, 4.69) is 64.0 Å². The minimum absolute atomic E-state index is 1.07. The molecule has 0 rings (SSSR count). The summed E-state index contributed by atoms with van der Waals surface area (Å²) in [6.45, 7) is 7.37. The SMILES string of the molecule is CN(C)CCCN(CCCN(C)C)CCC[N+](C)(C)C. The quantitative estimate of drug-likeness (QED) is 0.501. The minimum Gasteiger partial charge on any atom is -0.331 e. The molecule has 0 aliphatic heterocycles. The molecule has 0 unspecified atom stereocenters. The molecule has 122 valence electrons. The van der Waals surface area contributed by atoms with Crippen molar-refractivity contribution in [3.8, 4) is 0 Å². The lowest BCUT2D eigenvalue weighted by molar-refractivity contribution is -0.870. The van der Waals surface area contributed by atoms with Crippen molar-refractivity contribution in [3.05, 3.63) is 0 Å². The van der Waals surface area contributed by atoms with Crippen LogP contribution < -0.4 is 0 Å². The molecule has 0 aromatic rings. The third-order valence-corrected chi connectivity index (χ3v) is 3.46.